The van der Waals surface area contributed by atoms with Gasteiger partial charge < -0.3 is 9.47 Å². The summed E-state index contributed by atoms with van der Waals surface area (Å²) in [6.45, 7) is 2.90. The summed E-state index contributed by atoms with van der Waals surface area (Å²) in [5, 5.41) is 25.2. The molecule has 280 valence electrons. The maximum absolute atomic E-state index is 12.8. The monoisotopic (exact) mass is 774 g/mol. The minimum absolute atomic E-state index is 0.0289. The van der Waals surface area contributed by atoms with E-state index in [9.17, 15) is 37.1 Å². The maximum Gasteiger partial charge on any atom is 0.297 e. The highest BCUT2D eigenvalue weighted by Gasteiger charge is 2.27. The van der Waals surface area contributed by atoms with Crippen molar-refractivity contribution in [3.8, 4) is 11.5 Å². The summed E-state index contributed by atoms with van der Waals surface area (Å²) < 4.78 is 71.3. The van der Waals surface area contributed by atoms with Gasteiger partial charge in [-0.3, -0.25) is 28.6 Å². The Bertz CT molecular complexity index is 2540. The van der Waals surface area contributed by atoms with Crippen molar-refractivity contribution in [2.75, 3.05) is 14.2 Å². The first-order chi connectivity index (χ1) is 25.7. The van der Waals surface area contributed by atoms with Gasteiger partial charge in [0.2, 0.25) is 0 Å². The normalized spacial score (nSPS) is 11.5. The standard InChI is InChI=1S/C24H22O5S.C14H12N2O7S/c1-16-8-10-17(11-9-16)15-29-30(25,26)18-12-13-21-22(14-18)24(28-3)20-7-5-4-6-19(20)23(21)27-2;1-10-5-7-11(8-6-10)24(21,22)23-9-12-13(15(17)18)3-2-4-14(12)16(19)20/h4-14H,15H2,1-3H3;2-8H,9H2,1H3. The van der Waals surface area contributed by atoms with E-state index in [1.807, 2.05) is 55.5 Å². The predicted molar refractivity (Wildman–Crippen MR) is 201 cm³/mol. The van der Waals surface area contributed by atoms with Gasteiger partial charge in [0, 0.05) is 33.7 Å². The predicted octanol–water partition coefficient (Wildman–Crippen LogP) is 7.94. The van der Waals surface area contributed by atoms with E-state index >= 15 is 0 Å². The molecule has 0 aliphatic carbocycles. The molecule has 16 heteroatoms. The Labute approximate surface area is 311 Å². The fourth-order valence-electron chi connectivity index (χ4n) is 5.53. The number of hydrogen-bond acceptors (Lipinski definition) is 12. The van der Waals surface area contributed by atoms with Crippen LogP contribution in [0.4, 0.5) is 11.4 Å². The molecule has 6 rings (SSSR count). The van der Waals surface area contributed by atoms with Gasteiger partial charge in [-0.25, -0.2) is 0 Å². The summed E-state index contributed by atoms with van der Waals surface area (Å²) in [4.78, 5) is 20.3. The topological polar surface area (TPSA) is 191 Å². The Balaban J connectivity index is 0.000000213. The Hall–Kier alpha value is -5.94. The van der Waals surface area contributed by atoms with Crippen LogP contribution in [0, 0.1) is 34.1 Å². The molecule has 6 aromatic carbocycles. The van der Waals surface area contributed by atoms with Crippen molar-refractivity contribution in [2.24, 2.45) is 0 Å². The van der Waals surface area contributed by atoms with Crippen LogP contribution >= 0.6 is 0 Å². The molecule has 0 amide bonds. The molecule has 0 bridgehead atoms. The van der Waals surface area contributed by atoms with Crippen LogP contribution in [0.15, 0.2) is 119 Å². The van der Waals surface area contributed by atoms with E-state index in [1.54, 1.807) is 45.4 Å². The van der Waals surface area contributed by atoms with E-state index < -0.39 is 53.6 Å². The van der Waals surface area contributed by atoms with E-state index in [2.05, 4.69) is 0 Å². The van der Waals surface area contributed by atoms with Gasteiger partial charge in [-0.15, -0.1) is 0 Å². The number of nitrogens with zero attached hydrogens (tertiary/aromatic N) is 2. The molecule has 54 heavy (non-hydrogen) atoms. The van der Waals surface area contributed by atoms with Gasteiger partial charge in [-0.1, -0.05) is 71.8 Å². The second-order valence-electron chi connectivity index (χ2n) is 11.8. The Kier molecular flexibility index (Phi) is 11.9. The van der Waals surface area contributed by atoms with Gasteiger partial charge in [-0.05, 0) is 55.8 Å². The molecular weight excluding hydrogens is 741 g/mol. The van der Waals surface area contributed by atoms with Crippen LogP contribution in [-0.2, 0) is 41.8 Å². The quantitative estimate of drug-likeness (QED) is 0.0505. The molecule has 0 aliphatic rings. The molecule has 0 unspecified atom stereocenters. The van der Waals surface area contributed by atoms with Crippen molar-refractivity contribution < 1.29 is 44.5 Å². The zero-order valence-corrected chi connectivity index (χ0v) is 31.0. The molecule has 14 nitrogen and oxygen atoms in total. The van der Waals surface area contributed by atoms with Gasteiger partial charge in [0.1, 0.15) is 23.7 Å². The minimum Gasteiger partial charge on any atom is -0.495 e. The second-order valence-corrected chi connectivity index (χ2v) is 15.1. The molecule has 0 fully saturated rings. The van der Waals surface area contributed by atoms with Gasteiger partial charge in [-0.2, -0.15) is 16.8 Å². The van der Waals surface area contributed by atoms with E-state index in [0.717, 1.165) is 51.0 Å². The highest BCUT2D eigenvalue weighted by Crippen LogP contribution is 2.43. The number of benzene rings is 6. The average Bonchev–Trinajstić information content (AvgIpc) is 3.15. The first-order valence-electron chi connectivity index (χ1n) is 16.0. The summed E-state index contributed by atoms with van der Waals surface area (Å²) in [5.41, 5.74) is 1.15. The third-order valence-corrected chi connectivity index (χ3v) is 10.8. The first-order valence-corrected chi connectivity index (χ1v) is 18.9. The fraction of sp³-hybridized carbons (Fsp3) is 0.158. The zero-order chi connectivity index (χ0) is 39.2. The van der Waals surface area contributed by atoms with Crippen molar-refractivity contribution in [3.05, 3.63) is 152 Å². The van der Waals surface area contributed by atoms with Crippen molar-refractivity contribution in [1.29, 1.82) is 0 Å². The van der Waals surface area contributed by atoms with Crippen molar-refractivity contribution in [2.45, 2.75) is 36.9 Å². The van der Waals surface area contributed by atoms with Crippen LogP contribution in [0.3, 0.4) is 0 Å². The molecule has 0 aromatic heterocycles. The number of aryl methyl sites for hydroxylation is 2. The first kappa shape index (κ1) is 39.3. The SMILES string of the molecule is COc1c2ccccc2c(OC)c2cc(S(=O)(=O)OCc3ccc(C)cc3)ccc12.Cc1ccc(S(=O)(=O)OCc2c([N+](=O)[O-])cccc2[N+](=O)[O-])cc1. The summed E-state index contributed by atoms with van der Waals surface area (Å²) in [5.74, 6) is 1.27. The Morgan fingerprint density at radius 3 is 1.50 bits per heavy atom. The van der Waals surface area contributed by atoms with Crippen LogP contribution in [0.1, 0.15) is 22.3 Å². The molecule has 0 N–H and O–H groups in total. The molecule has 6 aromatic rings. The lowest BCUT2D eigenvalue weighted by Crippen LogP contribution is -2.09. The van der Waals surface area contributed by atoms with Crippen molar-refractivity contribution >= 4 is 53.2 Å². The van der Waals surface area contributed by atoms with Gasteiger partial charge in [0.25, 0.3) is 31.6 Å². The molecular formula is C38H34N2O12S2. The largest absolute Gasteiger partial charge is 0.495 e. The fourth-order valence-corrected chi connectivity index (χ4v) is 7.34. The second kappa shape index (κ2) is 16.4. The number of rotatable bonds is 12. The summed E-state index contributed by atoms with van der Waals surface area (Å²) in [7, 11) is -4.99. The lowest BCUT2D eigenvalue weighted by molar-refractivity contribution is -0.396. The van der Waals surface area contributed by atoms with Crippen molar-refractivity contribution in [3.63, 3.8) is 0 Å². The molecule has 0 radical (unpaired) electrons. The lowest BCUT2D eigenvalue weighted by Gasteiger charge is -2.16. The number of hydrogen-bond donors (Lipinski definition) is 0. The van der Waals surface area contributed by atoms with Crippen LogP contribution in [0.25, 0.3) is 21.5 Å². The van der Waals surface area contributed by atoms with Gasteiger partial charge >= 0.3 is 0 Å². The summed E-state index contributed by atoms with van der Waals surface area (Å²) in [6, 6.07) is 29.1. The third kappa shape index (κ3) is 8.64. The van der Waals surface area contributed by atoms with Crippen LogP contribution in [-0.4, -0.2) is 40.9 Å². The molecule has 0 atom stereocenters. The molecule has 0 aliphatic heterocycles. The number of nitro groups is 2. The molecule has 0 heterocycles. The molecule has 0 saturated carbocycles. The van der Waals surface area contributed by atoms with E-state index in [1.165, 1.54) is 18.2 Å². The molecule has 0 spiro atoms. The highest BCUT2D eigenvalue weighted by molar-refractivity contribution is 7.87. The van der Waals surface area contributed by atoms with Crippen LogP contribution in [0.2, 0.25) is 0 Å². The van der Waals surface area contributed by atoms with E-state index in [-0.39, 0.29) is 16.4 Å². The van der Waals surface area contributed by atoms with Crippen molar-refractivity contribution in [1.82, 2.24) is 0 Å². The van der Waals surface area contributed by atoms with Crippen LogP contribution in [0.5, 0.6) is 11.5 Å². The minimum atomic E-state index is -4.21. The van der Waals surface area contributed by atoms with E-state index in [0.29, 0.717) is 16.9 Å². The molecule has 0 saturated heterocycles. The zero-order valence-electron chi connectivity index (χ0n) is 29.4. The number of nitro benzene ring substituents is 2. The summed E-state index contributed by atoms with van der Waals surface area (Å²) in [6.07, 6.45) is 0. The smallest absolute Gasteiger partial charge is 0.297 e. The number of ether oxygens (including phenoxy) is 2. The summed E-state index contributed by atoms with van der Waals surface area (Å²) >= 11 is 0. The van der Waals surface area contributed by atoms with Gasteiger partial charge in [0.15, 0.2) is 0 Å². The number of fused-ring (bicyclic) bond motifs is 2. The maximum atomic E-state index is 12.8. The van der Waals surface area contributed by atoms with Crippen LogP contribution < -0.4 is 9.47 Å². The highest BCUT2D eigenvalue weighted by atomic mass is 32.2. The van der Waals surface area contributed by atoms with E-state index in [4.69, 9.17) is 17.8 Å². The van der Waals surface area contributed by atoms with Gasteiger partial charge in [0.05, 0.1) is 40.5 Å². The number of methoxy groups -OCH3 is 2. The Morgan fingerprint density at radius 1 is 0.537 bits per heavy atom. The average molecular weight is 775 g/mol. The Morgan fingerprint density at radius 2 is 0.981 bits per heavy atom. The third-order valence-electron chi connectivity index (χ3n) is 8.28. The lowest BCUT2D eigenvalue weighted by atomic mass is 10.0.